The molecule has 144 valence electrons. The zero-order valence-corrected chi connectivity index (χ0v) is 16.7. The van der Waals surface area contributed by atoms with Gasteiger partial charge in [-0.05, 0) is 42.3 Å². The molecule has 4 aromatic carbocycles. The third-order valence-electron chi connectivity index (χ3n) is 5.82. The van der Waals surface area contributed by atoms with E-state index in [0.717, 1.165) is 50.9 Å². The second-order valence-corrected chi connectivity index (χ2v) is 7.50. The van der Waals surface area contributed by atoms with Crippen LogP contribution in [0.4, 0.5) is 0 Å². The molecule has 0 atom stereocenters. The maximum Gasteiger partial charge on any atom is 0.146 e. The quantitative estimate of drug-likeness (QED) is 0.319. The Hall–Kier alpha value is -3.85. The molecule has 6 rings (SSSR count). The van der Waals surface area contributed by atoms with Crippen LogP contribution in [-0.2, 0) is 6.54 Å². The number of aryl methyl sites for hydroxylation is 1. The standard InChI is InChI=1S/C27H20N2O/c1-2-29-23-14-8-7-13-22(23)28-27(29)21-17-16-19(18-10-4-3-5-11-18)25-20-12-6-9-15-24(20)30-26(21)25/h3-17H,2H2,1H3. The minimum absolute atomic E-state index is 0.845. The number of hydrogen-bond acceptors (Lipinski definition) is 2. The first-order valence-corrected chi connectivity index (χ1v) is 10.3. The van der Waals surface area contributed by atoms with Crippen molar-refractivity contribution >= 4 is 33.0 Å². The van der Waals surface area contributed by atoms with Gasteiger partial charge in [-0.3, -0.25) is 0 Å². The normalized spacial score (nSPS) is 11.6. The molecule has 0 N–H and O–H groups in total. The number of benzene rings is 4. The molecule has 2 aromatic heterocycles. The largest absolute Gasteiger partial charge is 0.455 e. The molecule has 3 heteroatoms. The minimum Gasteiger partial charge on any atom is -0.455 e. The average Bonchev–Trinajstić information content (AvgIpc) is 3.37. The Bertz CT molecular complexity index is 1520. The summed E-state index contributed by atoms with van der Waals surface area (Å²) < 4.78 is 8.71. The van der Waals surface area contributed by atoms with Crippen molar-refractivity contribution in [2.24, 2.45) is 0 Å². The zero-order chi connectivity index (χ0) is 20.1. The third-order valence-corrected chi connectivity index (χ3v) is 5.82. The van der Waals surface area contributed by atoms with Gasteiger partial charge in [0.05, 0.1) is 16.6 Å². The van der Waals surface area contributed by atoms with Crippen molar-refractivity contribution in [3.63, 3.8) is 0 Å². The van der Waals surface area contributed by atoms with Crippen LogP contribution in [0.3, 0.4) is 0 Å². The van der Waals surface area contributed by atoms with E-state index in [1.165, 1.54) is 11.1 Å². The van der Waals surface area contributed by atoms with Gasteiger partial charge in [0.25, 0.3) is 0 Å². The van der Waals surface area contributed by atoms with Gasteiger partial charge in [-0.25, -0.2) is 4.98 Å². The molecular formula is C27H20N2O. The molecule has 0 saturated heterocycles. The average molecular weight is 388 g/mol. The number of imidazole rings is 1. The number of rotatable bonds is 3. The summed E-state index contributed by atoms with van der Waals surface area (Å²) in [6.07, 6.45) is 0. The summed E-state index contributed by atoms with van der Waals surface area (Å²) in [6, 6.07) is 31.4. The smallest absolute Gasteiger partial charge is 0.146 e. The summed E-state index contributed by atoms with van der Waals surface area (Å²) in [5, 5.41) is 2.27. The molecule has 30 heavy (non-hydrogen) atoms. The summed E-state index contributed by atoms with van der Waals surface area (Å²) in [5.74, 6) is 0.947. The van der Waals surface area contributed by atoms with Crippen molar-refractivity contribution in [1.82, 2.24) is 9.55 Å². The first kappa shape index (κ1) is 17.0. The van der Waals surface area contributed by atoms with Crippen LogP contribution in [0.25, 0.3) is 55.5 Å². The van der Waals surface area contributed by atoms with E-state index in [-0.39, 0.29) is 0 Å². The highest BCUT2D eigenvalue weighted by Gasteiger charge is 2.20. The van der Waals surface area contributed by atoms with Crippen LogP contribution in [0.15, 0.2) is 95.4 Å². The molecule has 2 heterocycles. The molecule has 0 amide bonds. The number of furan rings is 1. The Morgan fingerprint density at radius 2 is 1.50 bits per heavy atom. The number of fused-ring (bicyclic) bond motifs is 4. The highest BCUT2D eigenvalue weighted by atomic mass is 16.3. The lowest BCUT2D eigenvalue weighted by Crippen LogP contribution is -1.98. The van der Waals surface area contributed by atoms with Crippen molar-refractivity contribution in [2.45, 2.75) is 13.5 Å². The van der Waals surface area contributed by atoms with E-state index in [1.54, 1.807) is 0 Å². The topological polar surface area (TPSA) is 31.0 Å². The molecule has 0 bridgehead atoms. The number of aromatic nitrogens is 2. The molecule has 0 aliphatic heterocycles. The SMILES string of the molecule is CCn1c(-c2ccc(-c3ccccc3)c3c2oc2ccccc23)nc2ccccc21. The van der Waals surface area contributed by atoms with Crippen LogP contribution in [0.2, 0.25) is 0 Å². The Morgan fingerprint density at radius 3 is 2.37 bits per heavy atom. The minimum atomic E-state index is 0.845. The van der Waals surface area contributed by atoms with Gasteiger partial charge in [-0.2, -0.15) is 0 Å². The molecule has 0 unspecified atom stereocenters. The third kappa shape index (κ3) is 2.42. The maximum absolute atomic E-state index is 6.44. The molecular weight excluding hydrogens is 368 g/mol. The molecule has 3 nitrogen and oxygen atoms in total. The van der Waals surface area contributed by atoms with E-state index in [9.17, 15) is 0 Å². The second kappa shape index (κ2) is 6.60. The predicted molar refractivity (Wildman–Crippen MR) is 124 cm³/mol. The van der Waals surface area contributed by atoms with Gasteiger partial charge in [0, 0.05) is 17.3 Å². The van der Waals surface area contributed by atoms with Gasteiger partial charge in [0.15, 0.2) is 0 Å². The molecule has 0 aliphatic carbocycles. The predicted octanol–water partition coefficient (Wildman–Crippen LogP) is 7.29. The maximum atomic E-state index is 6.44. The first-order chi connectivity index (χ1) is 14.8. The van der Waals surface area contributed by atoms with Gasteiger partial charge >= 0.3 is 0 Å². The summed E-state index contributed by atoms with van der Waals surface area (Å²) in [7, 11) is 0. The molecule has 0 spiro atoms. The fourth-order valence-corrected chi connectivity index (χ4v) is 4.46. The monoisotopic (exact) mass is 388 g/mol. The van der Waals surface area contributed by atoms with E-state index in [0.29, 0.717) is 0 Å². The van der Waals surface area contributed by atoms with Crippen LogP contribution < -0.4 is 0 Å². The Labute approximate surface area is 174 Å². The van der Waals surface area contributed by atoms with Gasteiger partial charge < -0.3 is 8.98 Å². The van der Waals surface area contributed by atoms with Crippen molar-refractivity contribution in [1.29, 1.82) is 0 Å². The fourth-order valence-electron chi connectivity index (χ4n) is 4.46. The number of para-hydroxylation sites is 3. The van der Waals surface area contributed by atoms with E-state index in [4.69, 9.17) is 9.40 Å². The Morgan fingerprint density at radius 1 is 0.767 bits per heavy atom. The van der Waals surface area contributed by atoms with E-state index < -0.39 is 0 Å². The van der Waals surface area contributed by atoms with Crippen LogP contribution in [-0.4, -0.2) is 9.55 Å². The highest BCUT2D eigenvalue weighted by Crippen LogP contribution is 2.41. The van der Waals surface area contributed by atoms with Crippen LogP contribution >= 0.6 is 0 Å². The van der Waals surface area contributed by atoms with Crippen LogP contribution in [0, 0.1) is 0 Å². The van der Waals surface area contributed by atoms with E-state index in [2.05, 4.69) is 78.2 Å². The molecule has 0 fully saturated rings. The lowest BCUT2D eigenvalue weighted by molar-refractivity contribution is 0.668. The van der Waals surface area contributed by atoms with Crippen LogP contribution in [0.5, 0.6) is 0 Å². The van der Waals surface area contributed by atoms with Gasteiger partial charge in [0.2, 0.25) is 0 Å². The summed E-state index contributed by atoms with van der Waals surface area (Å²) in [6.45, 7) is 3.00. The Balaban J connectivity index is 1.74. The summed E-state index contributed by atoms with van der Waals surface area (Å²) >= 11 is 0. The van der Waals surface area contributed by atoms with Gasteiger partial charge in [-0.1, -0.05) is 66.7 Å². The first-order valence-electron chi connectivity index (χ1n) is 10.3. The highest BCUT2D eigenvalue weighted by molar-refractivity contribution is 6.16. The van der Waals surface area contributed by atoms with Crippen molar-refractivity contribution in [3.8, 4) is 22.5 Å². The van der Waals surface area contributed by atoms with Crippen molar-refractivity contribution < 1.29 is 4.42 Å². The van der Waals surface area contributed by atoms with E-state index in [1.807, 2.05) is 24.3 Å². The number of hydrogen-bond donors (Lipinski definition) is 0. The lowest BCUT2D eigenvalue weighted by Gasteiger charge is -2.10. The summed E-state index contributed by atoms with van der Waals surface area (Å²) in [5.41, 5.74) is 7.33. The molecule has 0 radical (unpaired) electrons. The summed E-state index contributed by atoms with van der Waals surface area (Å²) in [4.78, 5) is 4.98. The molecule has 0 aliphatic rings. The fraction of sp³-hybridized carbons (Fsp3) is 0.0741. The molecule has 6 aromatic rings. The van der Waals surface area contributed by atoms with Gasteiger partial charge in [0.1, 0.15) is 17.0 Å². The van der Waals surface area contributed by atoms with Crippen LogP contribution in [0.1, 0.15) is 6.92 Å². The number of nitrogens with zero attached hydrogens (tertiary/aromatic N) is 2. The lowest BCUT2D eigenvalue weighted by atomic mass is 9.97. The van der Waals surface area contributed by atoms with Gasteiger partial charge in [-0.15, -0.1) is 0 Å². The van der Waals surface area contributed by atoms with E-state index >= 15 is 0 Å². The second-order valence-electron chi connectivity index (χ2n) is 7.50. The Kier molecular flexibility index (Phi) is 3.75. The molecule has 0 saturated carbocycles. The zero-order valence-electron chi connectivity index (χ0n) is 16.7. The van der Waals surface area contributed by atoms with Crippen molar-refractivity contribution in [3.05, 3.63) is 91.0 Å². The van der Waals surface area contributed by atoms with Crippen molar-refractivity contribution in [2.75, 3.05) is 0 Å².